The third kappa shape index (κ3) is 4.47. The van der Waals surface area contributed by atoms with Crippen molar-refractivity contribution in [3.63, 3.8) is 0 Å². The molecule has 102 valence electrons. The number of halogens is 3. The van der Waals surface area contributed by atoms with Crippen LogP contribution in [-0.2, 0) is 4.79 Å². The van der Waals surface area contributed by atoms with Crippen LogP contribution in [0.4, 0.5) is 5.69 Å². The van der Waals surface area contributed by atoms with Gasteiger partial charge in [-0.2, -0.15) is 0 Å². The van der Waals surface area contributed by atoms with Gasteiger partial charge in [0.25, 0.3) is 0 Å². The predicted octanol–water partition coefficient (Wildman–Crippen LogP) is 5.52. The fourth-order valence-corrected chi connectivity index (χ4v) is 2.36. The molecule has 0 aromatic heterocycles. The van der Waals surface area contributed by atoms with Crippen molar-refractivity contribution < 1.29 is 4.79 Å². The molecule has 0 atom stereocenters. The number of hydrogen-bond donors (Lipinski definition) is 1. The molecule has 2 aromatic rings. The normalized spacial score (nSPS) is 10.8. The number of carbonyl (C=O) groups excluding carboxylic acids is 1. The number of anilines is 1. The molecule has 0 saturated carbocycles. The fourth-order valence-electron chi connectivity index (χ4n) is 1.54. The van der Waals surface area contributed by atoms with Gasteiger partial charge in [0.2, 0.25) is 5.91 Å². The highest BCUT2D eigenvalue weighted by molar-refractivity contribution is 9.13. The van der Waals surface area contributed by atoms with Crippen LogP contribution in [0.25, 0.3) is 6.08 Å². The highest BCUT2D eigenvalue weighted by Crippen LogP contribution is 2.26. The molecule has 0 aliphatic rings. The lowest BCUT2D eigenvalue weighted by atomic mass is 10.2. The van der Waals surface area contributed by atoms with Gasteiger partial charge in [-0.25, -0.2) is 0 Å². The molecule has 5 heteroatoms. The summed E-state index contributed by atoms with van der Waals surface area (Å²) in [5, 5.41) is 3.43. The summed E-state index contributed by atoms with van der Waals surface area (Å²) in [7, 11) is 0. The maximum atomic E-state index is 11.8. The highest BCUT2D eigenvalue weighted by Gasteiger charge is 2.01. The second-order valence-electron chi connectivity index (χ2n) is 4.01. The first-order valence-electron chi connectivity index (χ1n) is 5.74. The lowest BCUT2D eigenvalue weighted by Crippen LogP contribution is -2.07. The Labute approximate surface area is 139 Å². The standard InChI is InChI=1S/C15H10Br2ClNO/c16-13-6-5-12(9-14(13)17)19-15(20)7-4-10-2-1-3-11(18)8-10/h1-9H,(H,19,20)/b7-4+. The summed E-state index contributed by atoms with van der Waals surface area (Å²) < 4.78 is 1.82. The molecule has 1 N–H and O–H groups in total. The summed E-state index contributed by atoms with van der Waals surface area (Å²) in [6.45, 7) is 0. The molecule has 0 aliphatic heterocycles. The average molecular weight is 416 g/mol. The quantitative estimate of drug-likeness (QED) is 0.658. The second-order valence-corrected chi connectivity index (χ2v) is 6.15. The predicted molar refractivity (Wildman–Crippen MR) is 91.0 cm³/mol. The lowest BCUT2D eigenvalue weighted by Gasteiger charge is -2.04. The Bertz CT molecular complexity index is 671. The van der Waals surface area contributed by atoms with Crippen LogP contribution in [0.1, 0.15) is 5.56 Å². The molecule has 0 heterocycles. The Morgan fingerprint density at radius 3 is 2.60 bits per heavy atom. The second kappa shape index (κ2) is 7.07. The van der Waals surface area contributed by atoms with E-state index in [1.165, 1.54) is 6.08 Å². The molecular weight excluding hydrogens is 405 g/mol. The zero-order valence-corrected chi connectivity index (χ0v) is 14.2. The first kappa shape index (κ1) is 15.3. The van der Waals surface area contributed by atoms with E-state index in [-0.39, 0.29) is 5.91 Å². The van der Waals surface area contributed by atoms with Crippen molar-refractivity contribution in [1.82, 2.24) is 0 Å². The first-order chi connectivity index (χ1) is 9.54. The summed E-state index contributed by atoms with van der Waals surface area (Å²) in [4.78, 5) is 11.8. The van der Waals surface area contributed by atoms with E-state index in [1.807, 2.05) is 30.3 Å². The number of nitrogens with one attached hydrogen (secondary N) is 1. The topological polar surface area (TPSA) is 29.1 Å². The summed E-state index contributed by atoms with van der Waals surface area (Å²) in [5.41, 5.74) is 1.60. The number of amides is 1. The number of benzene rings is 2. The van der Waals surface area contributed by atoms with Gasteiger partial charge in [0.05, 0.1) is 0 Å². The van der Waals surface area contributed by atoms with E-state index < -0.39 is 0 Å². The van der Waals surface area contributed by atoms with Crippen molar-refractivity contribution in [3.05, 3.63) is 68.1 Å². The third-order valence-corrected chi connectivity index (χ3v) is 4.58. The van der Waals surface area contributed by atoms with Crippen molar-refractivity contribution in [2.24, 2.45) is 0 Å². The largest absolute Gasteiger partial charge is 0.322 e. The van der Waals surface area contributed by atoms with Gasteiger partial charge in [-0.15, -0.1) is 0 Å². The molecule has 1 amide bonds. The van der Waals surface area contributed by atoms with Gasteiger partial charge < -0.3 is 5.32 Å². The number of hydrogen-bond acceptors (Lipinski definition) is 1. The molecule has 0 bridgehead atoms. The summed E-state index contributed by atoms with van der Waals surface area (Å²) in [5.74, 6) is -0.195. The molecule has 2 rings (SSSR count). The van der Waals surface area contributed by atoms with Crippen LogP contribution >= 0.6 is 43.5 Å². The van der Waals surface area contributed by atoms with E-state index >= 15 is 0 Å². The van der Waals surface area contributed by atoms with E-state index in [9.17, 15) is 4.79 Å². The Morgan fingerprint density at radius 1 is 1.10 bits per heavy atom. The van der Waals surface area contributed by atoms with Crippen molar-refractivity contribution in [2.45, 2.75) is 0 Å². The third-order valence-electron chi connectivity index (χ3n) is 2.46. The first-order valence-corrected chi connectivity index (χ1v) is 7.71. The molecule has 0 radical (unpaired) electrons. The van der Waals surface area contributed by atoms with Crippen LogP contribution in [0, 0.1) is 0 Å². The van der Waals surface area contributed by atoms with Gasteiger partial charge in [0.1, 0.15) is 0 Å². The van der Waals surface area contributed by atoms with Crippen molar-refractivity contribution >= 4 is 61.1 Å². The smallest absolute Gasteiger partial charge is 0.248 e. The van der Waals surface area contributed by atoms with Gasteiger partial charge in [-0.1, -0.05) is 23.7 Å². The van der Waals surface area contributed by atoms with E-state index in [2.05, 4.69) is 37.2 Å². The van der Waals surface area contributed by atoms with Crippen LogP contribution in [0.5, 0.6) is 0 Å². The van der Waals surface area contributed by atoms with Gasteiger partial charge in [-0.3, -0.25) is 4.79 Å². The average Bonchev–Trinajstić information content (AvgIpc) is 2.41. The number of carbonyl (C=O) groups is 1. The van der Waals surface area contributed by atoms with E-state index in [1.54, 1.807) is 18.2 Å². The van der Waals surface area contributed by atoms with Gasteiger partial charge >= 0.3 is 0 Å². The number of rotatable bonds is 3. The highest BCUT2D eigenvalue weighted by atomic mass is 79.9. The SMILES string of the molecule is O=C(/C=C/c1cccc(Cl)c1)Nc1ccc(Br)c(Br)c1. The minimum atomic E-state index is -0.195. The van der Waals surface area contributed by atoms with Crippen molar-refractivity contribution in [2.75, 3.05) is 5.32 Å². The minimum Gasteiger partial charge on any atom is -0.322 e. The Kier molecular flexibility index (Phi) is 5.40. The van der Waals surface area contributed by atoms with E-state index in [4.69, 9.17) is 11.6 Å². The van der Waals surface area contributed by atoms with Crippen molar-refractivity contribution in [3.8, 4) is 0 Å². The van der Waals surface area contributed by atoms with Gasteiger partial charge in [0, 0.05) is 25.7 Å². The van der Waals surface area contributed by atoms with E-state index in [0.29, 0.717) is 5.02 Å². The molecule has 0 aliphatic carbocycles. The van der Waals surface area contributed by atoms with Gasteiger partial charge in [0.15, 0.2) is 0 Å². The van der Waals surface area contributed by atoms with Crippen LogP contribution < -0.4 is 5.32 Å². The van der Waals surface area contributed by atoms with Crippen LogP contribution in [-0.4, -0.2) is 5.91 Å². The molecule has 20 heavy (non-hydrogen) atoms. The molecule has 2 nitrogen and oxygen atoms in total. The molecular formula is C15H10Br2ClNO. The van der Waals surface area contributed by atoms with Crippen molar-refractivity contribution in [1.29, 1.82) is 0 Å². The Balaban J connectivity index is 2.03. The van der Waals surface area contributed by atoms with Crippen LogP contribution in [0.15, 0.2) is 57.5 Å². The molecule has 0 unspecified atom stereocenters. The minimum absolute atomic E-state index is 0.195. The van der Waals surface area contributed by atoms with E-state index in [0.717, 1.165) is 20.2 Å². The molecule has 0 spiro atoms. The summed E-state index contributed by atoms with van der Waals surface area (Å²) in [6.07, 6.45) is 3.19. The van der Waals surface area contributed by atoms with Gasteiger partial charge in [-0.05, 0) is 73.8 Å². The zero-order chi connectivity index (χ0) is 14.5. The Morgan fingerprint density at radius 2 is 1.90 bits per heavy atom. The monoisotopic (exact) mass is 413 g/mol. The van der Waals surface area contributed by atoms with Crippen LogP contribution in [0.2, 0.25) is 5.02 Å². The Hall–Kier alpha value is -1.10. The van der Waals surface area contributed by atoms with Crippen LogP contribution in [0.3, 0.4) is 0 Å². The fraction of sp³-hybridized carbons (Fsp3) is 0. The molecule has 0 fully saturated rings. The zero-order valence-electron chi connectivity index (χ0n) is 10.2. The molecule has 2 aromatic carbocycles. The summed E-state index contributed by atoms with van der Waals surface area (Å²) in [6, 6.07) is 12.8. The maximum absolute atomic E-state index is 11.8. The summed E-state index contributed by atoms with van der Waals surface area (Å²) >= 11 is 12.6. The lowest BCUT2D eigenvalue weighted by molar-refractivity contribution is -0.111. The molecule has 0 saturated heterocycles. The maximum Gasteiger partial charge on any atom is 0.248 e.